The Morgan fingerprint density at radius 1 is 1.12 bits per heavy atom. The van der Waals surface area contributed by atoms with Gasteiger partial charge in [-0.15, -0.1) is 0 Å². The summed E-state index contributed by atoms with van der Waals surface area (Å²) in [6.07, 6.45) is 8.47. The Bertz CT molecular complexity index is 555. The molecule has 0 spiro atoms. The molecule has 0 radical (unpaired) electrons. The molecule has 0 aliphatic rings. The van der Waals surface area contributed by atoms with Crippen molar-refractivity contribution in [2.45, 2.75) is 63.3 Å². The summed E-state index contributed by atoms with van der Waals surface area (Å²) in [6, 6.07) is 2.11. The summed E-state index contributed by atoms with van der Waals surface area (Å²) >= 11 is 0. The van der Waals surface area contributed by atoms with E-state index in [-0.39, 0.29) is 11.8 Å². The van der Waals surface area contributed by atoms with Crippen LogP contribution in [-0.4, -0.2) is 30.4 Å². The fourth-order valence-electron chi connectivity index (χ4n) is 2.48. The molecule has 2 N–H and O–H groups in total. The number of aromatic nitrogens is 1. The standard InChI is InChI=1S/C18H28ClN3O2S/c1-14-12-15(13-22-18(14)25-19)8-5-6-10-17(24)21-11-7-3-4-9-16(23)20-2/h12-13H,3-11H2,1-2H3,(H,20,23)(H,21,24). The molecular formula is C18H28ClN3O2S. The molecule has 25 heavy (non-hydrogen) atoms. The third kappa shape index (κ3) is 9.70. The van der Waals surface area contributed by atoms with Gasteiger partial charge in [0.2, 0.25) is 11.8 Å². The first-order valence-electron chi connectivity index (χ1n) is 8.78. The molecule has 0 aliphatic carbocycles. The Balaban J connectivity index is 2.05. The van der Waals surface area contributed by atoms with E-state index in [4.69, 9.17) is 10.7 Å². The SMILES string of the molecule is CNC(=O)CCCCCNC(=O)CCCCc1cnc(SCl)c(C)c1. The normalized spacial score (nSPS) is 10.5. The van der Waals surface area contributed by atoms with Crippen LogP contribution in [0.2, 0.25) is 0 Å². The second kappa shape index (κ2) is 13.0. The number of nitrogens with zero attached hydrogens (tertiary/aromatic N) is 1. The van der Waals surface area contributed by atoms with Gasteiger partial charge in [-0.05, 0) is 60.8 Å². The van der Waals surface area contributed by atoms with E-state index in [1.54, 1.807) is 7.05 Å². The second-order valence-corrected chi connectivity index (χ2v) is 7.09. The zero-order valence-electron chi connectivity index (χ0n) is 15.1. The Morgan fingerprint density at radius 3 is 2.52 bits per heavy atom. The van der Waals surface area contributed by atoms with Crippen molar-refractivity contribution in [1.29, 1.82) is 0 Å². The largest absolute Gasteiger partial charge is 0.359 e. The van der Waals surface area contributed by atoms with Crippen molar-refractivity contribution in [3.05, 3.63) is 23.4 Å². The van der Waals surface area contributed by atoms with Crippen LogP contribution in [0.1, 0.15) is 56.1 Å². The minimum absolute atomic E-state index is 0.0745. The number of nitrogens with one attached hydrogen (secondary N) is 2. The van der Waals surface area contributed by atoms with Gasteiger partial charge >= 0.3 is 0 Å². The monoisotopic (exact) mass is 385 g/mol. The third-order valence-electron chi connectivity index (χ3n) is 3.96. The summed E-state index contributed by atoms with van der Waals surface area (Å²) in [5, 5.41) is 6.39. The lowest BCUT2D eigenvalue weighted by molar-refractivity contribution is -0.122. The number of aryl methyl sites for hydroxylation is 2. The molecule has 0 saturated heterocycles. The van der Waals surface area contributed by atoms with Crippen molar-refractivity contribution in [3.63, 3.8) is 0 Å². The molecule has 0 aromatic carbocycles. The summed E-state index contributed by atoms with van der Waals surface area (Å²) < 4.78 is 0. The zero-order chi connectivity index (χ0) is 18.5. The van der Waals surface area contributed by atoms with Crippen LogP contribution >= 0.6 is 21.7 Å². The van der Waals surface area contributed by atoms with Crippen LogP contribution in [-0.2, 0) is 16.0 Å². The van der Waals surface area contributed by atoms with Gasteiger partial charge in [-0.1, -0.05) is 12.5 Å². The molecule has 140 valence electrons. The van der Waals surface area contributed by atoms with Crippen molar-refractivity contribution in [2.24, 2.45) is 0 Å². The molecule has 0 atom stereocenters. The molecule has 0 fully saturated rings. The van der Waals surface area contributed by atoms with E-state index in [2.05, 4.69) is 21.7 Å². The van der Waals surface area contributed by atoms with Crippen LogP contribution < -0.4 is 10.6 Å². The summed E-state index contributed by atoms with van der Waals surface area (Å²) in [5.41, 5.74) is 2.27. The van der Waals surface area contributed by atoms with E-state index in [9.17, 15) is 9.59 Å². The van der Waals surface area contributed by atoms with Gasteiger partial charge in [-0.25, -0.2) is 4.98 Å². The maximum absolute atomic E-state index is 11.8. The average molecular weight is 386 g/mol. The van der Waals surface area contributed by atoms with Gasteiger partial charge in [0.1, 0.15) is 5.03 Å². The summed E-state index contributed by atoms with van der Waals surface area (Å²) in [5.74, 6) is 0.181. The maximum atomic E-state index is 11.8. The Kier molecular flexibility index (Phi) is 11.3. The van der Waals surface area contributed by atoms with Crippen LogP contribution in [0.4, 0.5) is 0 Å². The van der Waals surface area contributed by atoms with Gasteiger partial charge < -0.3 is 10.6 Å². The number of hydrogen-bond acceptors (Lipinski definition) is 4. The van der Waals surface area contributed by atoms with Crippen molar-refractivity contribution >= 4 is 33.5 Å². The first-order chi connectivity index (χ1) is 12.1. The molecule has 5 nitrogen and oxygen atoms in total. The summed E-state index contributed by atoms with van der Waals surface area (Å²) in [4.78, 5) is 27.2. The number of rotatable bonds is 12. The number of carbonyl (C=O) groups excluding carboxylic acids is 2. The molecular weight excluding hydrogens is 358 g/mol. The maximum Gasteiger partial charge on any atom is 0.219 e. The molecule has 0 bridgehead atoms. The molecule has 1 aromatic heterocycles. The number of pyridine rings is 1. The van der Waals surface area contributed by atoms with Gasteiger partial charge in [0.15, 0.2) is 0 Å². The van der Waals surface area contributed by atoms with Crippen LogP contribution in [0.3, 0.4) is 0 Å². The van der Waals surface area contributed by atoms with Crippen molar-refractivity contribution < 1.29 is 9.59 Å². The van der Waals surface area contributed by atoms with Crippen molar-refractivity contribution in [3.8, 4) is 0 Å². The van der Waals surface area contributed by atoms with E-state index >= 15 is 0 Å². The van der Waals surface area contributed by atoms with Gasteiger partial charge in [-0.2, -0.15) is 0 Å². The van der Waals surface area contributed by atoms with Crippen LogP contribution in [0.25, 0.3) is 0 Å². The smallest absolute Gasteiger partial charge is 0.219 e. The quantitative estimate of drug-likeness (QED) is 0.537. The third-order valence-corrected chi connectivity index (χ3v) is 4.97. The number of hydrogen-bond donors (Lipinski definition) is 2. The van der Waals surface area contributed by atoms with Crippen molar-refractivity contribution in [2.75, 3.05) is 13.6 Å². The zero-order valence-corrected chi connectivity index (χ0v) is 16.6. The minimum Gasteiger partial charge on any atom is -0.359 e. The fraction of sp³-hybridized carbons (Fsp3) is 0.611. The highest BCUT2D eigenvalue weighted by Crippen LogP contribution is 2.23. The number of amides is 2. The van der Waals surface area contributed by atoms with Gasteiger partial charge in [-0.3, -0.25) is 9.59 Å². The van der Waals surface area contributed by atoms with E-state index in [1.807, 2.05) is 13.1 Å². The predicted molar refractivity (Wildman–Crippen MR) is 104 cm³/mol. The highest BCUT2D eigenvalue weighted by Gasteiger charge is 2.04. The van der Waals surface area contributed by atoms with Crippen molar-refractivity contribution in [1.82, 2.24) is 15.6 Å². The molecule has 1 rings (SSSR count). The average Bonchev–Trinajstić information content (AvgIpc) is 2.61. The first-order valence-corrected chi connectivity index (χ1v) is 10.4. The molecule has 0 aliphatic heterocycles. The highest BCUT2D eigenvalue weighted by molar-refractivity contribution is 8.21. The lowest BCUT2D eigenvalue weighted by Crippen LogP contribution is -2.24. The van der Waals surface area contributed by atoms with Gasteiger partial charge in [0, 0.05) is 43.6 Å². The minimum atomic E-state index is 0.0745. The van der Waals surface area contributed by atoms with Crippen LogP contribution in [0.15, 0.2) is 17.3 Å². The van der Waals surface area contributed by atoms with Crippen LogP contribution in [0.5, 0.6) is 0 Å². The Morgan fingerprint density at radius 2 is 1.84 bits per heavy atom. The number of halogens is 1. The van der Waals surface area contributed by atoms with Gasteiger partial charge in [0.05, 0.1) is 0 Å². The highest BCUT2D eigenvalue weighted by atomic mass is 35.7. The molecule has 1 aromatic rings. The van der Waals surface area contributed by atoms with E-state index in [0.717, 1.165) is 60.1 Å². The van der Waals surface area contributed by atoms with E-state index < -0.39 is 0 Å². The molecule has 2 amide bonds. The summed E-state index contributed by atoms with van der Waals surface area (Å²) in [7, 11) is 8.51. The second-order valence-electron chi connectivity index (χ2n) is 6.08. The first kappa shape index (κ1) is 21.8. The lowest BCUT2D eigenvalue weighted by atomic mass is 10.1. The van der Waals surface area contributed by atoms with E-state index in [0.29, 0.717) is 19.4 Å². The molecule has 7 heteroatoms. The predicted octanol–water partition coefficient (Wildman–Crippen LogP) is 3.77. The van der Waals surface area contributed by atoms with Crippen LogP contribution in [0, 0.1) is 6.92 Å². The summed E-state index contributed by atoms with van der Waals surface area (Å²) in [6.45, 7) is 2.69. The fourth-order valence-corrected chi connectivity index (χ4v) is 3.24. The topological polar surface area (TPSA) is 71.1 Å². The van der Waals surface area contributed by atoms with Gasteiger partial charge in [0.25, 0.3) is 0 Å². The number of unbranched alkanes of at least 4 members (excludes halogenated alkanes) is 3. The van der Waals surface area contributed by atoms with E-state index in [1.165, 1.54) is 5.56 Å². The lowest BCUT2D eigenvalue weighted by Gasteiger charge is -2.06. The molecule has 1 heterocycles. The Labute approximate surface area is 159 Å². The molecule has 0 saturated carbocycles. The number of carbonyl (C=O) groups is 2. The molecule has 0 unspecified atom stereocenters. The Hall–Kier alpha value is -1.27.